The molecule has 0 radical (unpaired) electrons. The summed E-state index contributed by atoms with van der Waals surface area (Å²) in [6.45, 7) is 17.8. The third-order valence-corrected chi connectivity index (χ3v) is 2.87. The SMILES string of the molecule is CC(C)(C)CC(C)(C)CN1CCNCC1. The van der Waals surface area contributed by atoms with Crippen LogP contribution in [0.2, 0.25) is 0 Å². The predicted octanol–water partition coefficient (Wildman–Crippen LogP) is 2.35. The highest BCUT2D eigenvalue weighted by Gasteiger charge is 2.27. The van der Waals surface area contributed by atoms with Gasteiger partial charge in [-0.1, -0.05) is 34.6 Å². The minimum Gasteiger partial charge on any atom is -0.314 e. The first-order valence-electron chi connectivity index (χ1n) is 6.22. The Morgan fingerprint density at radius 2 is 1.53 bits per heavy atom. The van der Waals surface area contributed by atoms with E-state index < -0.39 is 0 Å². The Kier molecular flexibility index (Phi) is 4.19. The molecule has 1 aliphatic rings. The Hall–Kier alpha value is -0.0800. The fourth-order valence-corrected chi connectivity index (χ4v) is 2.97. The Morgan fingerprint density at radius 3 is 2.00 bits per heavy atom. The van der Waals surface area contributed by atoms with Crippen LogP contribution < -0.4 is 5.32 Å². The molecule has 0 bridgehead atoms. The van der Waals surface area contributed by atoms with Crippen LogP contribution in [0.1, 0.15) is 41.0 Å². The molecule has 0 aromatic heterocycles. The summed E-state index contributed by atoms with van der Waals surface area (Å²) in [5.41, 5.74) is 0.882. The highest BCUT2D eigenvalue weighted by molar-refractivity contribution is 4.81. The number of hydrogen-bond acceptors (Lipinski definition) is 2. The monoisotopic (exact) mass is 212 g/mol. The number of nitrogens with one attached hydrogen (secondary N) is 1. The standard InChI is InChI=1S/C13H28N2/c1-12(2,3)10-13(4,5)11-15-8-6-14-7-9-15/h14H,6-11H2,1-5H3. The molecule has 0 aliphatic carbocycles. The van der Waals surface area contributed by atoms with Crippen LogP contribution in [-0.4, -0.2) is 37.6 Å². The molecule has 1 fully saturated rings. The van der Waals surface area contributed by atoms with Crippen molar-refractivity contribution in [1.82, 2.24) is 10.2 Å². The summed E-state index contributed by atoms with van der Waals surface area (Å²) < 4.78 is 0. The molecule has 0 aromatic rings. The minimum absolute atomic E-state index is 0.440. The molecular weight excluding hydrogens is 184 g/mol. The maximum absolute atomic E-state index is 3.41. The quantitative estimate of drug-likeness (QED) is 0.772. The van der Waals surface area contributed by atoms with Gasteiger partial charge >= 0.3 is 0 Å². The van der Waals surface area contributed by atoms with E-state index >= 15 is 0 Å². The van der Waals surface area contributed by atoms with Crippen molar-refractivity contribution in [2.75, 3.05) is 32.7 Å². The maximum Gasteiger partial charge on any atom is 0.0108 e. The largest absolute Gasteiger partial charge is 0.314 e. The average molecular weight is 212 g/mol. The van der Waals surface area contributed by atoms with Crippen LogP contribution >= 0.6 is 0 Å². The van der Waals surface area contributed by atoms with Crippen molar-refractivity contribution in [1.29, 1.82) is 0 Å². The number of piperazine rings is 1. The zero-order chi connectivity index (χ0) is 11.5. The molecule has 0 aromatic carbocycles. The van der Waals surface area contributed by atoms with E-state index in [2.05, 4.69) is 44.8 Å². The van der Waals surface area contributed by atoms with Crippen LogP contribution in [0, 0.1) is 10.8 Å². The third kappa shape index (κ3) is 5.53. The van der Waals surface area contributed by atoms with E-state index in [0.717, 1.165) is 13.1 Å². The summed E-state index contributed by atoms with van der Waals surface area (Å²) in [5, 5.41) is 3.41. The van der Waals surface area contributed by atoms with Crippen molar-refractivity contribution < 1.29 is 0 Å². The summed E-state index contributed by atoms with van der Waals surface area (Å²) in [6.07, 6.45) is 1.30. The first kappa shape index (κ1) is 13.0. The van der Waals surface area contributed by atoms with Crippen LogP contribution in [0.15, 0.2) is 0 Å². The van der Waals surface area contributed by atoms with Crippen molar-refractivity contribution in [3.63, 3.8) is 0 Å². The van der Waals surface area contributed by atoms with Gasteiger partial charge in [0.25, 0.3) is 0 Å². The molecule has 0 saturated carbocycles. The molecule has 0 amide bonds. The fourth-order valence-electron chi connectivity index (χ4n) is 2.97. The van der Waals surface area contributed by atoms with Gasteiger partial charge in [-0.2, -0.15) is 0 Å². The molecule has 0 spiro atoms. The van der Waals surface area contributed by atoms with Gasteiger partial charge in [0.2, 0.25) is 0 Å². The summed E-state index contributed by atoms with van der Waals surface area (Å²) >= 11 is 0. The van der Waals surface area contributed by atoms with E-state index in [-0.39, 0.29) is 0 Å². The Bertz CT molecular complexity index is 185. The fraction of sp³-hybridized carbons (Fsp3) is 1.00. The molecule has 2 heteroatoms. The van der Waals surface area contributed by atoms with Crippen molar-refractivity contribution in [2.24, 2.45) is 10.8 Å². The minimum atomic E-state index is 0.440. The van der Waals surface area contributed by atoms with Crippen molar-refractivity contribution in [2.45, 2.75) is 41.0 Å². The number of nitrogens with zero attached hydrogens (tertiary/aromatic N) is 1. The summed E-state index contributed by atoms with van der Waals surface area (Å²) in [7, 11) is 0. The van der Waals surface area contributed by atoms with Crippen molar-refractivity contribution in [3.05, 3.63) is 0 Å². The average Bonchev–Trinajstić information content (AvgIpc) is 1.99. The lowest BCUT2D eigenvalue weighted by Gasteiger charge is -2.38. The third-order valence-electron chi connectivity index (χ3n) is 2.87. The molecule has 15 heavy (non-hydrogen) atoms. The lowest BCUT2D eigenvalue weighted by atomic mass is 9.76. The van der Waals surface area contributed by atoms with E-state index in [1.165, 1.54) is 26.1 Å². The number of rotatable bonds is 3. The highest BCUT2D eigenvalue weighted by Crippen LogP contribution is 2.33. The predicted molar refractivity (Wildman–Crippen MR) is 67.2 cm³/mol. The lowest BCUT2D eigenvalue weighted by molar-refractivity contribution is 0.119. The van der Waals surface area contributed by atoms with Gasteiger partial charge in [-0.15, -0.1) is 0 Å². The zero-order valence-electron chi connectivity index (χ0n) is 11.2. The number of hydrogen-bond donors (Lipinski definition) is 1. The summed E-state index contributed by atoms with van der Waals surface area (Å²) in [5.74, 6) is 0. The molecular formula is C13H28N2. The Labute approximate surface area is 95.4 Å². The summed E-state index contributed by atoms with van der Waals surface area (Å²) in [6, 6.07) is 0. The Balaban J connectivity index is 2.40. The molecule has 1 rings (SSSR count). The van der Waals surface area contributed by atoms with Gasteiger partial charge in [0, 0.05) is 32.7 Å². The van der Waals surface area contributed by atoms with Crippen LogP contribution in [0.4, 0.5) is 0 Å². The highest BCUT2D eigenvalue weighted by atomic mass is 15.2. The molecule has 90 valence electrons. The first-order chi connectivity index (χ1) is 6.79. The topological polar surface area (TPSA) is 15.3 Å². The van der Waals surface area contributed by atoms with Gasteiger partial charge in [-0.05, 0) is 17.3 Å². The van der Waals surface area contributed by atoms with Crippen LogP contribution in [0.3, 0.4) is 0 Å². The second-order valence-electron chi connectivity index (χ2n) is 6.93. The van der Waals surface area contributed by atoms with E-state index in [4.69, 9.17) is 0 Å². The first-order valence-corrected chi connectivity index (χ1v) is 6.22. The van der Waals surface area contributed by atoms with Gasteiger partial charge in [-0.3, -0.25) is 0 Å². The van der Waals surface area contributed by atoms with E-state index in [1.807, 2.05) is 0 Å². The van der Waals surface area contributed by atoms with E-state index in [1.54, 1.807) is 0 Å². The molecule has 2 nitrogen and oxygen atoms in total. The van der Waals surface area contributed by atoms with Crippen molar-refractivity contribution in [3.8, 4) is 0 Å². The maximum atomic E-state index is 3.41. The van der Waals surface area contributed by atoms with Crippen LogP contribution in [-0.2, 0) is 0 Å². The van der Waals surface area contributed by atoms with Crippen molar-refractivity contribution >= 4 is 0 Å². The van der Waals surface area contributed by atoms with Crippen LogP contribution in [0.25, 0.3) is 0 Å². The molecule has 0 unspecified atom stereocenters. The molecule has 1 aliphatic heterocycles. The van der Waals surface area contributed by atoms with E-state index in [9.17, 15) is 0 Å². The van der Waals surface area contributed by atoms with Gasteiger partial charge in [-0.25, -0.2) is 0 Å². The molecule has 1 heterocycles. The van der Waals surface area contributed by atoms with Gasteiger partial charge < -0.3 is 10.2 Å². The lowest BCUT2D eigenvalue weighted by Crippen LogP contribution is -2.47. The molecule has 1 saturated heterocycles. The van der Waals surface area contributed by atoms with Crippen LogP contribution in [0.5, 0.6) is 0 Å². The molecule has 1 N–H and O–H groups in total. The normalized spacial score (nSPS) is 20.6. The smallest absolute Gasteiger partial charge is 0.0108 e. The summed E-state index contributed by atoms with van der Waals surface area (Å²) in [4.78, 5) is 2.60. The van der Waals surface area contributed by atoms with Gasteiger partial charge in [0.1, 0.15) is 0 Å². The van der Waals surface area contributed by atoms with Gasteiger partial charge in [0.15, 0.2) is 0 Å². The van der Waals surface area contributed by atoms with E-state index in [0.29, 0.717) is 10.8 Å². The van der Waals surface area contributed by atoms with Gasteiger partial charge in [0.05, 0.1) is 0 Å². The Morgan fingerprint density at radius 1 is 1.00 bits per heavy atom. The molecule has 0 atom stereocenters. The zero-order valence-corrected chi connectivity index (χ0v) is 11.2. The second kappa shape index (κ2) is 4.84. The second-order valence-corrected chi connectivity index (χ2v) is 6.93.